The highest BCUT2D eigenvalue weighted by Gasteiger charge is 2.14. The van der Waals surface area contributed by atoms with Crippen LogP contribution in [0, 0.1) is 13.8 Å². The van der Waals surface area contributed by atoms with Crippen LogP contribution < -0.4 is 10.5 Å². The summed E-state index contributed by atoms with van der Waals surface area (Å²) in [5.41, 5.74) is 7.86. The number of hydrogen-bond acceptors (Lipinski definition) is 3. The molecule has 0 aliphatic carbocycles. The zero-order valence-electron chi connectivity index (χ0n) is 12.7. The van der Waals surface area contributed by atoms with Crippen molar-refractivity contribution in [1.82, 2.24) is 4.90 Å². The molecule has 0 aromatic heterocycles. The topological polar surface area (TPSA) is 55.6 Å². The molecule has 0 fully saturated rings. The lowest BCUT2D eigenvalue weighted by molar-refractivity contribution is -0.132. The first-order valence-electron chi connectivity index (χ1n) is 6.61. The summed E-state index contributed by atoms with van der Waals surface area (Å²) in [6.45, 7) is 6.86. The number of amides is 1. The van der Waals surface area contributed by atoms with Crippen molar-refractivity contribution in [3.8, 4) is 5.75 Å². The maximum Gasteiger partial charge on any atom is 0.226 e. The van der Waals surface area contributed by atoms with Crippen LogP contribution in [0.4, 0.5) is 0 Å². The number of carbonyl (C=O) groups is 1. The zero-order valence-corrected chi connectivity index (χ0v) is 13.5. The molecule has 1 aromatic carbocycles. The van der Waals surface area contributed by atoms with Gasteiger partial charge in [-0.1, -0.05) is 6.07 Å². The van der Waals surface area contributed by atoms with Crippen LogP contribution in [-0.4, -0.2) is 37.0 Å². The second-order valence-electron chi connectivity index (χ2n) is 5.01. The molecule has 0 saturated heterocycles. The SMILES string of the molecule is Cc1cc(C)cc(OCCC(=O)N(C)C(C)CN)c1.Cl. The van der Waals surface area contributed by atoms with Gasteiger partial charge in [0, 0.05) is 19.6 Å². The standard InChI is InChI=1S/C15H24N2O2.ClH/c1-11-7-12(2)9-14(8-11)19-6-5-15(18)17(4)13(3)10-16;/h7-9,13H,5-6,10,16H2,1-4H3;1H. The van der Waals surface area contributed by atoms with Crippen molar-refractivity contribution in [2.75, 3.05) is 20.2 Å². The van der Waals surface area contributed by atoms with E-state index in [-0.39, 0.29) is 24.4 Å². The highest BCUT2D eigenvalue weighted by atomic mass is 35.5. The molecule has 0 aliphatic rings. The molecule has 114 valence electrons. The lowest BCUT2D eigenvalue weighted by Gasteiger charge is -2.23. The fourth-order valence-electron chi connectivity index (χ4n) is 1.85. The third kappa shape index (κ3) is 5.80. The van der Waals surface area contributed by atoms with E-state index in [9.17, 15) is 4.79 Å². The average molecular weight is 301 g/mol. The van der Waals surface area contributed by atoms with E-state index in [1.807, 2.05) is 32.9 Å². The lowest BCUT2D eigenvalue weighted by Crippen LogP contribution is -2.40. The van der Waals surface area contributed by atoms with Gasteiger partial charge in [-0.15, -0.1) is 12.4 Å². The Hall–Kier alpha value is -1.26. The van der Waals surface area contributed by atoms with Gasteiger partial charge in [0.1, 0.15) is 5.75 Å². The third-order valence-corrected chi connectivity index (χ3v) is 3.18. The van der Waals surface area contributed by atoms with Crippen molar-refractivity contribution < 1.29 is 9.53 Å². The predicted molar refractivity (Wildman–Crippen MR) is 84.6 cm³/mol. The summed E-state index contributed by atoms with van der Waals surface area (Å²) in [5, 5.41) is 0. The Morgan fingerprint density at radius 2 is 1.85 bits per heavy atom. The molecule has 4 nitrogen and oxygen atoms in total. The molecule has 1 unspecified atom stereocenters. The quantitative estimate of drug-likeness (QED) is 0.877. The Bertz CT molecular complexity index is 418. The van der Waals surface area contributed by atoms with Crippen LogP contribution in [0.25, 0.3) is 0 Å². The first-order chi connectivity index (χ1) is 8.93. The first-order valence-corrected chi connectivity index (χ1v) is 6.61. The van der Waals surface area contributed by atoms with Gasteiger partial charge in [-0.25, -0.2) is 0 Å². The van der Waals surface area contributed by atoms with Crippen molar-refractivity contribution in [2.45, 2.75) is 33.2 Å². The Kier molecular flexibility index (Phi) is 8.26. The monoisotopic (exact) mass is 300 g/mol. The second kappa shape index (κ2) is 8.82. The molecule has 20 heavy (non-hydrogen) atoms. The minimum Gasteiger partial charge on any atom is -0.493 e. The van der Waals surface area contributed by atoms with Gasteiger partial charge < -0.3 is 15.4 Å². The molecule has 0 spiro atoms. The number of rotatable bonds is 6. The van der Waals surface area contributed by atoms with Gasteiger partial charge in [-0.2, -0.15) is 0 Å². The van der Waals surface area contributed by atoms with Crippen molar-refractivity contribution in [3.63, 3.8) is 0 Å². The number of benzene rings is 1. The van der Waals surface area contributed by atoms with Crippen molar-refractivity contribution in [3.05, 3.63) is 29.3 Å². The number of nitrogens with two attached hydrogens (primary N) is 1. The summed E-state index contributed by atoms with van der Waals surface area (Å²) < 4.78 is 5.62. The maximum absolute atomic E-state index is 11.9. The van der Waals surface area contributed by atoms with E-state index >= 15 is 0 Å². The fourth-order valence-corrected chi connectivity index (χ4v) is 1.85. The summed E-state index contributed by atoms with van der Waals surface area (Å²) in [6.07, 6.45) is 0.369. The summed E-state index contributed by atoms with van der Waals surface area (Å²) in [4.78, 5) is 13.5. The van der Waals surface area contributed by atoms with Gasteiger partial charge in [0.15, 0.2) is 0 Å². The Morgan fingerprint density at radius 1 is 1.30 bits per heavy atom. The van der Waals surface area contributed by atoms with E-state index in [0.29, 0.717) is 19.6 Å². The van der Waals surface area contributed by atoms with Crippen LogP contribution in [0.15, 0.2) is 18.2 Å². The van der Waals surface area contributed by atoms with E-state index in [2.05, 4.69) is 6.07 Å². The van der Waals surface area contributed by atoms with E-state index in [0.717, 1.165) is 16.9 Å². The minimum atomic E-state index is 0. The molecule has 0 radical (unpaired) electrons. The van der Waals surface area contributed by atoms with Crippen LogP contribution in [-0.2, 0) is 4.79 Å². The highest BCUT2D eigenvalue weighted by molar-refractivity contribution is 5.85. The number of nitrogens with zero attached hydrogens (tertiary/aromatic N) is 1. The van der Waals surface area contributed by atoms with Gasteiger partial charge in [0.05, 0.1) is 13.0 Å². The van der Waals surface area contributed by atoms with Gasteiger partial charge in [0.25, 0.3) is 0 Å². The summed E-state index contributed by atoms with van der Waals surface area (Å²) in [6, 6.07) is 6.11. The Labute approximate surface area is 127 Å². The average Bonchev–Trinajstić information content (AvgIpc) is 2.35. The Morgan fingerprint density at radius 3 is 2.35 bits per heavy atom. The van der Waals surface area contributed by atoms with Crippen molar-refractivity contribution in [2.24, 2.45) is 5.73 Å². The summed E-state index contributed by atoms with van der Waals surface area (Å²) in [5.74, 6) is 0.877. The lowest BCUT2D eigenvalue weighted by atomic mass is 10.1. The first kappa shape index (κ1) is 18.7. The fraction of sp³-hybridized carbons (Fsp3) is 0.533. The molecule has 2 N–H and O–H groups in total. The van der Waals surface area contributed by atoms with E-state index in [1.54, 1.807) is 11.9 Å². The molecule has 1 aromatic rings. The van der Waals surface area contributed by atoms with E-state index in [4.69, 9.17) is 10.5 Å². The van der Waals surface area contributed by atoms with Crippen LogP contribution >= 0.6 is 12.4 Å². The molecule has 1 rings (SSSR count). The van der Waals surface area contributed by atoms with Crippen LogP contribution in [0.3, 0.4) is 0 Å². The van der Waals surface area contributed by atoms with Gasteiger partial charge in [-0.3, -0.25) is 4.79 Å². The number of aryl methyl sites for hydroxylation is 2. The Balaban J connectivity index is 0.00000361. The number of likely N-dealkylation sites (N-methyl/N-ethyl adjacent to an activating group) is 1. The van der Waals surface area contributed by atoms with Gasteiger partial charge >= 0.3 is 0 Å². The highest BCUT2D eigenvalue weighted by Crippen LogP contribution is 2.16. The summed E-state index contributed by atoms with van der Waals surface area (Å²) in [7, 11) is 1.77. The molecular weight excluding hydrogens is 276 g/mol. The molecule has 0 heterocycles. The van der Waals surface area contributed by atoms with E-state index < -0.39 is 0 Å². The van der Waals surface area contributed by atoms with Crippen LogP contribution in [0.1, 0.15) is 24.5 Å². The zero-order chi connectivity index (χ0) is 14.4. The van der Waals surface area contributed by atoms with E-state index in [1.165, 1.54) is 0 Å². The molecule has 0 bridgehead atoms. The number of ether oxygens (including phenoxy) is 1. The molecular formula is C15H25ClN2O2. The van der Waals surface area contributed by atoms with Crippen LogP contribution in [0.2, 0.25) is 0 Å². The molecule has 5 heteroatoms. The predicted octanol–water partition coefficient (Wildman–Crippen LogP) is 2.30. The molecule has 1 atom stereocenters. The normalized spacial score (nSPS) is 11.4. The smallest absolute Gasteiger partial charge is 0.226 e. The maximum atomic E-state index is 11.9. The van der Waals surface area contributed by atoms with Crippen LogP contribution in [0.5, 0.6) is 5.75 Å². The third-order valence-electron chi connectivity index (χ3n) is 3.18. The molecule has 0 aliphatic heterocycles. The summed E-state index contributed by atoms with van der Waals surface area (Å²) >= 11 is 0. The number of carbonyl (C=O) groups excluding carboxylic acids is 1. The molecule has 1 amide bonds. The number of halogens is 1. The largest absolute Gasteiger partial charge is 0.493 e. The van der Waals surface area contributed by atoms with Crippen molar-refractivity contribution in [1.29, 1.82) is 0 Å². The number of hydrogen-bond donors (Lipinski definition) is 1. The van der Waals surface area contributed by atoms with Gasteiger partial charge in [0.2, 0.25) is 5.91 Å². The molecule has 0 saturated carbocycles. The van der Waals surface area contributed by atoms with Gasteiger partial charge in [-0.05, 0) is 44.0 Å². The minimum absolute atomic E-state index is 0. The van der Waals surface area contributed by atoms with Crippen molar-refractivity contribution >= 4 is 18.3 Å². The second-order valence-corrected chi connectivity index (χ2v) is 5.01.